The van der Waals surface area contributed by atoms with E-state index in [9.17, 15) is 4.79 Å². The molecular weight excluding hydrogens is 206 g/mol. The van der Waals surface area contributed by atoms with Crippen molar-refractivity contribution in [1.29, 1.82) is 0 Å². The van der Waals surface area contributed by atoms with Gasteiger partial charge in [0, 0.05) is 6.08 Å². The van der Waals surface area contributed by atoms with Gasteiger partial charge in [-0.15, -0.1) is 0 Å². The Morgan fingerprint density at radius 2 is 2.12 bits per heavy atom. The first kappa shape index (κ1) is 10.3. The van der Waals surface area contributed by atoms with Crippen LogP contribution >= 0.6 is 0 Å². The van der Waals surface area contributed by atoms with E-state index >= 15 is 0 Å². The molecule has 16 heavy (non-hydrogen) atoms. The van der Waals surface area contributed by atoms with E-state index in [1.54, 1.807) is 6.08 Å². The molecule has 4 heteroatoms. The van der Waals surface area contributed by atoms with E-state index < -0.39 is 0 Å². The molecule has 0 radical (unpaired) electrons. The van der Waals surface area contributed by atoms with Gasteiger partial charge in [0.05, 0.1) is 12.6 Å². The van der Waals surface area contributed by atoms with Crippen LogP contribution in [0.25, 0.3) is 0 Å². The van der Waals surface area contributed by atoms with E-state index in [0.29, 0.717) is 5.76 Å². The second-order valence-electron chi connectivity index (χ2n) is 3.22. The molecule has 0 atom stereocenters. The van der Waals surface area contributed by atoms with Crippen LogP contribution in [0.1, 0.15) is 5.56 Å². The van der Waals surface area contributed by atoms with Crippen LogP contribution in [0.5, 0.6) is 0 Å². The van der Waals surface area contributed by atoms with Crippen molar-refractivity contribution in [2.45, 2.75) is 6.42 Å². The zero-order valence-corrected chi connectivity index (χ0v) is 8.55. The quantitative estimate of drug-likeness (QED) is 0.782. The van der Waals surface area contributed by atoms with Crippen LogP contribution in [0.2, 0.25) is 0 Å². The molecule has 0 fully saturated rings. The highest BCUT2D eigenvalue weighted by molar-refractivity contribution is 5.73. The third-order valence-electron chi connectivity index (χ3n) is 1.99. The molecule has 0 saturated heterocycles. The molecule has 0 unspecified atom stereocenters. The van der Waals surface area contributed by atoms with E-state index in [2.05, 4.69) is 5.48 Å². The number of ether oxygens (including phenoxy) is 1. The summed E-state index contributed by atoms with van der Waals surface area (Å²) in [6.45, 7) is 0. The third-order valence-corrected chi connectivity index (χ3v) is 1.99. The molecule has 2 rings (SSSR count). The second-order valence-corrected chi connectivity index (χ2v) is 3.22. The first-order valence-corrected chi connectivity index (χ1v) is 4.87. The lowest BCUT2D eigenvalue weighted by atomic mass is 10.2. The fourth-order valence-corrected chi connectivity index (χ4v) is 1.27. The van der Waals surface area contributed by atoms with Gasteiger partial charge in [-0.25, -0.2) is 5.48 Å². The van der Waals surface area contributed by atoms with Gasteiger partial charge in [-0.3, -0.25) is 4.79 Å². The monoisotopic (exact) mass is 217 g/mol. The Bertz CT molecular complexity index is 423. The molecule has 0 bridgehead atoms. The van der Waals surface area contributed by atoms with Crippen LogP contribution in [0, 0.1) is 0 Å². The molecule has 1 N–H and O–H groups in total. The van der Waals surface area contributed by atoms with Gasteiger partial charge in [-0.05, 0) is 5.56 Å². The Morgan fingerprint density at radius 1 is 1.31 bits per heavy atom. The van der Waals surface area contributed by atoms with Gasteiger partial charge in [0.15, 0.2) is 5.76 Å². The van der Waals surface area contributed by atoms with Gasteiger partial charge in [-0.2, -0.15) is 0 Å². The number of hydroxylamine groups is 1. The van der Waals surface area contributed by atoms with Gasteiger partial charge in [0.1, 0.15) is 6.26 Å². The number of hydrogen-bond acceptors (Lipinski definition) is 4. The predicted molar refractivity (Wildman–Crippen MR) is 57.7 cm³/mol. The fourth-order valence-electron chi connectivity index (χ4n) is 1.27. The Morgan fingerprint density at radius 3 is 2.81 bits per heavy atom. The summed E-state index contributed by atoms with van der Waals surface area (Å²) < 4.78 is 5.09. The van der Waals surface area contributed by atoms with Gasteiger partial charge < -0.3 is 9.57 Å². The molecule has 0 saturated carbocycles. The van der Waals surface area contributed by atoms with Crippen LogP contribution in [0.4, 0.5) is 0 Å². The van der Waals surface area contributed by atoms with Gasteiger partial charge in [-0.1, -0.05) is 30.3 Å². The average Bonchev–Trinajstić information content (AvgIpc) is 2.31. The van der Waals surface area contributed by atoms with E-state index in [4.69, 9.17) is 9.57 Å². The highest BCUT2D eigenvalue weighted by Crippen LogP contribution is 2.06. The van der Waals surface area contributed by atoms with Gasteiger partial charge >= 0.3 is 5.97 Å². The van der Waals surface area contributed by atoms with Crippen molar-refractivity contribution in [1.82, 2.24) is 5.48 Å². The lowest BCUT2D eigenvalue weighted by molar-refractivity contribution is -0.138. The number of hydrogen-bond donors (Lipinski definition) is 1. The molecule has 1 aromatic rings. The summed E-state index contributed by atoms with van der Waals surface area (Å²) >= 11 is 0. The smallest absolute Gasteiger partial charge is 0.315 e. The van der Waals surface area contributed by atoms with Crippen LogP contribution < -0.4 is 5.48 Å². The van der Waals surface area contributed by atoms with Crippen molar-refractivity contribution in [2.75, 3.05) is 0 Å². The zero-order chi connectivity index (χ0) is 11.2. The van der Waals surface area contributed by atoms with Crippen LogP contribution in [-0.4, -0.2) is 5.97 Å². The topological polar surface area (TPSA) is 47.6 Å². The standard InChI is InChI=1S/C12H11NO3/c14-12(8-10-4-2-1-3-5-10)16-11-6-7-15-13-9-11/h1-7,9,13H,8H2. The molecule has 1 aliphatic heterocycles. The summed E-state index contributed by atoms with van der Waals surface area (Å²) in [6.07, 6.45) is 4.71. The molecule has 4 nitrogen and oxygen atoms in total. The molecule has 1 heterocycles. The average molecular weight is 217 g/mol. The Kier molecular flexibility index (Phi) is 3.23. The van der Waals surface area contributed by atoms with Crippen LogP contribution in [0.3, 0.4) is 0 Å². The molecule has 0 aliphatic carbocycles. The lowest BCUT2D eigenvalue weighted by Crippen LogP contribution is -2.12. The molecule has 1 aromatic carbocycles. The van der Waals surface area contributed by atoms with Gasteiger partial charge in [0.25, 0.3) is 0 Å². The minimum Gasteiger partial charge on any atom is -0.424 e. The minimum absolute atomic E-state index is 0.257. The summed E-state index contributed by atoms with van der Waals surface area (Å²) in [7, 11) is 0. The summed E-state index contributed by atoms with van der Waals surface area (Å²) in [5.74, 6) is 0.137. The van der Waals surface area contributed by atoms with Crippen molar-refractivity contribution < 1.29 is 14.4 Å². The summed E-state index contributed by atoms with van der Waals surface area (Å²) in [5.41, 5.74) is 3.41. The van der Waals surface area contributed by atoms with Crippen molar-refractivity contribution in [2.24, 2.45) is 0 Å². The predicted octanol–water partition coefficient (Wildman–Crippen LogP) is 1.66. The van der Waals surface area contributed by atoms with Crippen molar-refractivity contribution in [3.05, 3.63) is 60.2 Å². The van der Waals surface area contributed by atoms with E-state index in [-0.39, 0.29) is 12.4 Å². The lowest BCUT2D eigenvalue weighted by Gasteiger charge is -2.09. The van der Waals surface area contributed by atoms with Crippen molar-refractivity contribution >= 4 is 5.97 Å². The highest BCUT2D eigenvalue weighted by atomic mass is 16.6. The largest absolute Gasteiger partial charge is 0.424 e. The summed E-state index contributed by atoms with van der Waals surface area (Å²) in [4.78, 5) is 16.2. The number of esters is 1. The number of carbonyl (C=O) groups is 1. The number of nitrogens with one attached hydrogen (secondary N) is 1. The molecular formula is C12H11NO3. The number of allylic oxidation sites excluding steroid dienone is 1. The summed E-state index contributed by atoms with van der Waals surface area (Å²) in [5, 5.41) is 0. The fraction of sp³-hybridized carbons (Fsp3) is 0.0833. The molecule has 1 aliphatic rings. The molecule has 0 aromatic heterocycles. The molecule has 0 spiro atoms. The van der Waals surface area contributed by atoms with E-state index in [1.165, 1.54) is 12.5 Å². The van der Waals surface area contributed by atoms with E-state index in [1.807, 2.05) is 30.3 Å². The number of rotatable bonds is 3. The van der Waals surface area contributed by atoms with Crippen molar-refractivity contribution in [3.63, 3.8) is 0 Å². The third kappa shape index (κ3) is 2.88. The zero-order valence-electron chi connectivity index (χ0n) is 8.55. The highest BCUT2D eigenvalue weighted by Gasteiger charge is 2.07. The van der Waals surface area contributed by atoms with Crippen molar-refractivity contribution in [3.8, 4) is 0 Å². The number of benzene rings is 1. The first-order valence-electron chi connectivity index (χ1n) is 4.87. The summed E-state index contributed by atoms with van der Waals surface area (Å²) in [6, 6.07) is 9.44. The normalized spacial score (nSPS) is 13.4. The Labute approximate surface area is 93.1 Å². The second kappa shape index (κ2) is 5.02. The first-order chi connectivity index (χ1) is 7.84. The number of carbonyl (C=O) groups excluding carboxylic acids is 1. The maximum atomic E-state index is 11.5. The SMILES string of the molecule is O=C(Cc1ccccc1)OC1=CNOC=C1. The molecule has 82 valence electrons. The van der Waals surface area contributed by atoms with E-state index in [0.717, 1.165) is 5.56 Å². The maximum Gasteiger partial charge on any atom is 0.315 e. The van der Waals surface area contributed by atoms with Crippen LogP contribution in [-0.2, 0) is 20.8 Å². The minimum atomic E-state index is -0.300. The maximum absolute atomic E-state index is 11.5. The Balaban J connectivity index is 1.89. The molecule has 0 amide bonds. The Hall–Kier alpha value is -2.23. The van der Waals surface area contributed by atoms with Gasteiger partial charge in [0.2, 0.25) is 0 Å². The van der Waals surface area contributed by atoms with Crippen LogP contribution in [0.15, 0.2) is 54.6 Å².